The molecular formula is C14H19BrN4. The Bertz CT molecular complexity index is 563. The molecule has 4 nitrogen and oxygen atoms in total. The molecule has 0 bridgehead atoms. The summed E-state index contributed by atoms with van der Waals surface area (Å²) in [6.07, 6.45) is 2.97. The van der Waals surface area contributed by atoms with Gasteiger partial charge in [0.25, 0.3) is 0 Å². The number of hydrogen-bond acceptors (Lipinski definition) is 3. The summed E-state index contributed by atoms with van der Waals surface area (Å²) in [5.74, 6) is 0. The van der Waals surface area contributed by atoms with Gasteiger partial charge in [0.15, 0.2) is 0 Å². The standard InChI is InChI=1S/C14H19BrN4/c1-4-6-16-9-12-8-13(5-7-17-12)19-11(3)14(15)10(2)18-19/h5,7-8,16H,4,6,9H2,1-3H3. The second-order valence-electron chi connectivity index (χ2n) is 4.58. The van der Waals surface area contributed by atoms with E-state index in [0.717, 1.165) is 46.8 Å². The molecule has 5 heteroatoms. The minimum atomic E-state index is 0.794. The molecule has 2 heterocycles. The molecule has 0 unspecified atom stereocenters. The van der Waals surface area contributed by atoms with E-state index >= 15 is 0 Å². The fourth-order valence-electron chi connectivity index (χ4n) is 1.96. The second kappa shape index (κ2) is 6.30. The van der Waals surface area contributed by atoms with Crippen molar-refractivity contribution in [1.29, 1.82) is 0 Å². The Kier molecular flexibility index (Phi) is 4.71. The third-order valence-electron chi connectivity index (χ3n) is 2.98. The van der Waals surface area contributed by atoms with Crippen LogP contribution in [0.1, 0.15) is 30.4 Å². The van der Waals surface area contributed by atoms with E-state index in [1.54, 1.807) is 0 Å². The summed E-state index contributed by atoms with van der Waals surface area (Å²) in [5.41, 5.74) is 4.19. The van der Waals surface area contributed by atoms with Gasteiger partial charge in [-0.1, -0.05) is 6.92 Å². The van der Waals surface area contributed by atoms with Gasteiger partial charge in [-0.3, -0.25) is 4.98 Å². The van der Waals surface area contributed by atoms with Gasteiger partial charge in [0.2, 0.25) is 0 Å². The first-order valence-electron chi connectivity index (χ1n) is 6.51. The van der Waals surface area contributed by atoms with E-state index in [9.17, 15) is 0 Å². The van der Waals surface area contributed by atoms with Crippen LogP contribution >= 0.6 is 15.9 Å². The van der Waals surface area contributed by atoms with Crippen LogP contribution in [0.25, 0.3) is 5.69 Å². The SMILES string of the molecule is CCCNCc1cc(-n2nc(C)c(Br)c2C)ccn1. The topological polar surface area (TPSA) is 42.7 Å². The van der Waals surface area contributed by atoms with Crippen LogP contribution in [0.2, 0.25) is 0 Å². The van der Waals surface area contributed by atoms with Gasteiger partial charge >= 0.3 is 0 Å². The van der Waals surface area contributed by atoms with Crippen LogP contribution in [0.15, 0.2) is 22.8 Å². The summed E-state index contributed by atoms with van der Waals surface area (Å²) in [6.45, 7) is 8.02. The zero-order valence-electron chi connectivity index (χ0n) is 11.6. The normalized spacial score (nSPS) is 10.9. The number of nitrogens with zero attached hydrogens (tertiary/aromatic N) is 3. The van der Waals surface area contributed by atoms with Crippen molar-refractivity contribution in [2.75, 3.05) is 6.54 Å². The largest absolute Gasteiger partial charge is 0.311 e. The first-order valence-corrected chi connectivity index (χ1v) is 7.30. The van der Waals surface area contributed by atoms with E-state index in [2.05, 4.69) is 51.2 Å². The van der Waals surface area contributed by atoms with Gasteiger partial charge in [-0.15, -0.1) is 0 Å². The molecule has 0 spiro atoms. The first kappa shape index (κ1) is 14.2. The maximum absolute atomic E-state index is 4.54. The average Bonchev–Trinajstić information content (AvgIpc) is 2.67. The summed E-state index contributed by atoms with van der Waals surface area (Å²) in [7, 11) is 0. The molecule has 0 aliphatic heterocycles. The monoisotopic (exact) mass is 322 g/mol. The Balaban J connectivity index is 2.25. The molecule has 19 heavy (non-hydrogen) atoms. The quantitative estimate of drug-likeness (QED) is 0.860. The number of aryl methyl sites for hydroxylation is 1. The maximum atomic E-state index is 4.54. The highest BCUT2D eigenvalue weighted by Crippen LogP contribution is 2.22. The van der Waals surface area contributed by atoms with Gasteiger partial charge in [-0.25, -0.2) is 4.68 Å². The van der Waals surface area contributed by atoms with Crippen molar-refractivity contribution in [3.05, 3.63) is 39.9 Å². The Morgan fingerprint density at radius 2 is 2.16 bits per heavy atom. The molecule has 0 amide bonds. The molecular weight excluding hydrogens is 304 g/mol. The first-order chi connectivity index (χ1) is 9.13. The lowest BCUT2D eigenvalue weighted by molar-refractivity contribution is 0.663. The molecule has 0 aliphatic carbocycles. The highest BCUT2D eigenvalue weighted by molar-refractivity contribution is 9.10. The smallest absolute Gasteiger partial charge is 0.0743 e. The summed E-state index contributed by atoms with van der Waals surface area (Å²) >= 11 is 3.56. The predicted molar refractivity (Wildman–Crippen MR) is 80.5 cm³/mol. The predicted octanol–water partition coefficient (Wildman–Crippen LogP) is 3.15. The second-order valence-corrected chi connectivity index (χ2v) is 5.37. The van der Waals surface area contributed by atoms with Crippen molar-refractivity contribution in [3.63, 3.8) is 0 Å². The molecule has 0 radical (unpaired) electrons. The van der Waals surface area contributed by atoms with Crippen LogP contribution < -0.4 is 5.32 Å². The van der Waals surface area contributed by atoms with Crippen molar-refractivity contribution < 1.29 is 0 Å². The van der Waals surface area contributed by atoms with E-state index in [1.807, 2.05) is 23.9 Å². The fraction of sp³-hybridized carbons (Fsp3) is 0.429. The highest BCUT2D eigenvalue weighted by atomic mass is 79.9. The highest BCUT2D eigenvalue weighted by Gasteiger charge is 2.10. The van der Waals surface area contributed by atoms with Crippen molar-refractivity contribution in [2.24, 2.45) is 0 Å². The number of halogens is 1. The molecule has 102 valence electrons. The minimum absolute atomic E-state index is 0.794. The third kappa shape index (κ3) is 3.22. The summed E-state index contributed by atoms with van der Waals surface area (Å²) in [5, 5.41) is 7.90. The third-order valence-corrected chi connectivity index (χ3v) is 4.13. The van der Waals surface area contributed by atoms with Gasteiger partial charge in [0.05, 0.1) is 27.2 Å². The van der Waals surface area contributed by atoms with Gasteiger partial charge in [0, 0.05) is 12.7 Å². The zero-order valence-corrected chi connectivity index (χ0v) is 13.2. The van der Waals surface area contributed by atoms with E-state index in [-0.39, 0.29) is 0 Å². The Morgan fingerprint density at radius 3 is 2.79 bits per heavy atom. The van der Waals surface area contributed by atoms with Gasteiger partial charge < -0.3 is 5.32 Å². The number of nitrogens with one attached hydrogen (secondary N) is 1. The molecule has 0 saturated heterocycles. The van der Waals surface area contributed by atoms with Gasteiger partial charge in [-0.05, 0) is 54.9 Å². The van der Waals surface area contributed by atoms with Crippen LogP contribution in [0, 0.1) is 13.8 Å². The van der Waals surface area contributed by atoms with E-state index in [0.29, 0.717) is 0 Å². The molecule has 1 N–H and O–H groups in total. The molecule has 0 aliphatic rings. The van der Waals surface area contributed by atoms with E-state index in [4.69, 9.17) is 0 Å². The lowest BCUT2D eigenvalue weighted by Gasteiger charge is -2.07. The van der Waals surface area contributed by atoms with Crippen molar-refractivity contribution >= 4 is 15.9 Å². The van der Waals surface area contributed by atoms with Crippen molar-refractivity contribution in [3.8, 4) is 5.69 Å². The molecule has 2 aromatic rings. The average molecular weight is 323 g/mol. The molecule has 0 saturated carbocycles. The Labute approximate surface area is 122 Å². The fourth-order valence-corrected chi connectivity index (χ4v) is 2.21. The summed E-state index contributed by atoms with van der Waals surface area (Å²) in [4.78, 5) is 4.38. The Morgan fingerprint density at radius 1 is 1.37 bits per heavy atom. The van der Waals surface area contributed by atoms with Gasteiger partial charge in [0.1, 0.15) is 0 Å². The van der Waals surface area contributed by atoms with Crippen LogP contribution in [0.4, 0.5) is 0 Å². The van der Waals surface area contributed by atoms with Crippen molar-refractivity contribution in [1.82, 2.24) is 20.1 Å². The van der Waals surface area contributed by atoms with E-state index in [1.165, 1.54) is 0 Å². The molecule has 0 fully saturated rings. The number of rotatable bonds is 5. The zero-order chi connectivity index (χ0) is 13.8. The van der Waals surface area contributed by atoms with Gasteiger partial charge in [-0.2, -0.15) is 5.10 Å². The lowest BCUT2D eigenvalue weighted by Crippen LogP contribution is -2.15. The minimum Gasteiger partial charge on any atom is -0.311 e. The van der Waals surface area contributed by atoms with Crippen molar-refractivity contribution in [2.45, 2.75) is 33.7 Å². The molecule has 2 aromatic heterocycles. The number of pyridine rings is 1. The molecule has 2 rings (SSSR count). The van der Waals surface area contributed by atoms with Crippen LogP contribution in [0.5, 0.6) is 0 Å². The van der Waals surface area contributed by atoms with Crippen LogP contribution in [-0.4, -0.2) is 21.3 Å². The number of aromatic nitrogens is 3. The summed E-state index contributed by atoms with van der Waals surface area (Å²) < 4.78 is 3.01. The molecule has 0 atom stereocenters. The van der Waals surface area contributed by atoms with Crippen LogP contribution in [0.3, 0.4) is 0 Å². The summed E-state index contributed by atoms with van der Waals surface area (Å²) in [6, 6.07) is 4.06. The Hall–Kier alpha value is -1.20. The van der Waals surface area contributed by atoms with E-state index < -0.39 is 0 Å². The maximum Gasteiger partial charge on any atom is 0.0743 e. The molecule has 0 aromatic carbocycles. The van der Waals surface area contributed by atoms with Crippen LogP contribution in [-0.2, 0) is 6.54 Å². The lowest BCUT2D eigenvalue weighted by atomic mass is 10.3. The number of hydrogen-bond donors (Lipinski definition) is 1.